The number of alkyl halides is 6. The maximum atomic E-state index is 13.3. The molecular formula is C21H14F6N4O2. The van der Waals surface area contributed by atoms with E-state index in [2.05, 4.69) is 19.8 Å². The first-order valence-electron chi connectivity index (χ1n) is 9.34. The molecule has 6 nitrogen and oxygen atoms in total. The van der Waals surface area contributed by atoms with Gasteiger partial charge in [-0.1, -0.05) is 29.4 Å². The van der Waals surface area contributed by atoms with Gasteiger partial charge in [0.05, 0.1) is 19.3 Å². The first kappa shape index (κ1) is 22.4. The number of rotatable bonds is 5. The molecule has 0 bridgehead atoms. The summed E-state index contributed by atoms with van der Waals surface area (Å²) in [5.74, 6) is -1.18. The quantitative estimate of drug-likeness (QED) is 0.352. The predicted molar refractivity (Wildman–Crippen MR) is 103 cm³/mol. The minimum absolute atomic E-state index is 0.0161. The standard InChI is InChI=1S/C21H14F6N4O2/c1-32-15-8-6-13(7-9-15)16-10-17(20(22,23)24)29-31(16)11-12-2-4-14(5-3-12)18-28-19(33-30-18)21(25,26)27/h2-10H,11H2,1H3. The summed E-state index contributed by atoms with van der Waals surface area (Å²) >= 11 is 0. The number of benzene rings is 2. The van der Waals surface area contributed by atoms with E-state index in [0.29, 0.717) is 16.9 Å². The zero-order valence-electron chi connectivity index (χ0n) is 16.8. The molecule has 2 aromatic carbocycles. The van der Waals surface area contributed by atoms with Gasteiger partial charge in [0.25, 0.3) is 0 Å². The van der Waals surface area contributed by atoms with Crippen LogP contribution in [0, 0.1) is 0 Å². The predicted octanol–water partition coefficient (Wildman–Crippen LogP) is 5.69. The molecular weight excluding hydrogens is 454 g/mol. The second-order valence-corrected chi connectivity index (χ2v) is 6.92. The molecule has 0 atom stereocenters. The molecule has 12 heteroatoms. The molecule has 0 saturated heterocycles. The fraction of sp³-hybridized carbons (Fsp3) is 0.190. The number of aromatic nitrogens is 4. The highest BCUT2D eigenvalue weighted by Gasteiger charge is 2.38. The molecule has 0 aliphatic carbocycles. The Morgan fingerprint density at radius 3 is 2.06 bits per heavy atom. The van der Waals surface area contributed by atoms with Gasteiger partial charge in [0.2, 0.25) is 5.82 Å². The number of hydrogen-bond acceptors (Lipinski definition) is 5. The Morgan fingerprint density at radius 2 is 1.52 bits per heavy atom. The van der Waals surface area contributed by atoms with Gasteiger partial charge in [0.15, 0.2) is 5.69 Å². The Balaban J connectivity index is 1.62. The summed E-state index contributed by atoms with van der Waals surface area (Å²) in [6.45, 7) is -0.0161. The van der Waals surface area contributed by atoms with Gasteiger partial charge in [-0.2, -0.15) is 36.4 Å². The van der Waals surface area contributed by atoms with E-state index in [1.54, 1.807) is 24.3 Å². The molecule has 0 radical (unpaired) electrons. The van der Waals surface area contributed by atoms with Crippen LogP contribution >= 0.6 is 0 Å². The van der Waals surface area contributed by atoms with Crippen LogP contribution in [0.5, 0.6) is 5.75 Å². The molecule has 172 valence electrons. The van der Waals surface area contributed by atoms with Crippen molar-refractivity contribution in [2.45, 2.75) is 18.9 Å². The smallest absolute Gasteiger partial charge is 0.471 e. The Hall–Kier alpha value is -3.83. The summed E-state index contributed by atoms with van der Waals surface area (Å²) in [6, 6.07) is 13.4. The minimum atomic E-state index is -4.76. The van der Waals surface area contributed by atoms with Crippen LogP contribution in [0.2, 0.25) is 0 Å². The maximum Gasteiger partial charge on any atom is 0.471 e. The highest BCUT2D eigenvalue weighted by Crippen LogP contribution is 2.33. The topological polar surface area (TPSA) is 66.0 Å². The summed E-state index contributed by atoms with van der Waals surface area (Å²) in [5, 5.41) is 7.01. The van der Waals surface area contributed by atoms with Gasteiger partial charge in [-0.3, -0.25) is 4.68 Å². The second kappa shape index (κ2) is 8.26. The zero-order chi connectivity index (χ0) is 23.8. The normalized spacial score (nSPS) is 12.2. The highest BCUT2D eigenvalue weighted by molar-refractivity contribution is 5.61. The third-order valence-electron chi connectivity index (χ3n) is 4.67. The van der Waals surface area contributed by atoms with E-state index >= 15 is 0 Å². The Labute approximate surface area is 182 Å². The molecule has 0 amide bonds. The zero-order valence-corrected chi connectivity index (χ0v) is 16.8. The van der Waals surface area contributed by atoms with Gasteiger partial charge >= 0.3 is 18.2 Å². The molecule has 33 heavy (non-hydrogen) atoms. The lowest BCUT2D eigenvalue weighted by Crippen LogP contribution is -2.09. The molecule has 4 aromatic rings. The second-order valence-electron chi connectivity index (χ2n) is 6.92. The fourth-order valence-electron chi connectivity index (χ4n) is 3.06. The van der Waals surface area contributed by atoms with Crippen molar-refractivity contribution in [2.24, 2.45) is 0 Å². The van der Waals surface area contributed by atoms with E-state index in [4.69, 9.17) is 4.74 Å². The van der Waals surface area contributed by atoms with Crippen molar-refractivity contribution in [2.75, 3.05) is 7.11 Å². The molecule has 0 aliphatic rings. The Morgan fingerprint density at radius 1 is 0.879 bits per heavy atom. The molecule has 2 aromatic heterocycles. The molecule has 0 fully saturated rings. The van der Waals surface area contributed by atoms with E-state index in [0.717, 1.165) is 6.07 Å². The minimum Gasteiger partial charge on any atom is -0.497 e. The Kier molecular flexibility index (Phi) is 5.60. The SMILES string of the molecule is COc1ccc(-c2cc(C(F)(F)F)nn2Cc2ccc(-c3noc(C(F)(F)F)n3)cc2)cc1. The summed E-state index contributed by atoms with van der Waals surface area (Å²) in [5.41, 5.74) is 0.509. The van der Waals surface area contributed by atoms with Crippen molar-refractivity contribution in [3.8, 4) is 28.4 Å². The lowest BCUT2D eigenvalue weighted by molar-refractivity contribution is -0.159. The number of methoxy groups -OCH3 is 1. The van der Waals surface area contributed by atoms with Crippen LogP contribution in [0.4, 0.5) is 26.3 Å². The van der Waals surface area contributed by atoms with E-state index in [1.165, 1.54) is 36.1 Å². The molecule has 2 heterocycles. The van der Waals surface area contributed by atoms with Crippen molar-refractivity contribution < 1.29 is 35.6 Å². The van der Waals surface area contributed by atoms with Crippen LogP contribution in [0.15, 0.2) is 59.1 Å². The summed E-state index contributed by atoms with van der Waals surface area (Å²) < 4.78 is 88.2. The van der Waals surface area contributed by atoms with Crippen molar-refractivity contribution in [1.29, 1.82) is 0 Å². The Bertz CT molecular complexity index is 1240. The van der Waals surface area contributed by atoms with Gasteiger partial charge in [-0.15, -0.1) is 0 Å². The third-order valence-corrected chi connectivity index (χ3v) is 4.67. The molecule has 0 aliphatic heterocycles. The third kappa shape index (κ3) is 4.83. The largest absolute Gasteiger partial charge is 0.497 e. The average molecular weight is 468 g/mol. The summed E-state index contributed by atoms with van der Waals surface area (Å²) in [6.07, 6.45) is -9.40. The molecule has 0 unspecified atom stereocenters. The van der Waals surface area contributed by atoms with E-state index in [-0.39, 0.29) is 23.6 Å². The molecule has 0 saturated carbocycles. The monoisotopic (exact) mass is 468 g/mol. The average Bonchev–Trinajstić information content (AvgIpc) is 3.42. The molecule has 0 N–H and O–H groups in total. The summed E-state index contributed by atoms with van der Waals surface area (Å²) in [7, 11) is 1.48. The van der Waals surface area contributed by atoms with Crippen LogP contribution in [0.3, 0.4) is 0 Å². The fourth-order valence-corrected chi connectivity index (χ4v) is 3.06. The highest BCUT2D eigenvalue weighted by atomic mass is 19.4. The van der Waals surface area contributed by atoms with Gasteiger partial charge in [0.1, 0.15) is 5.75 Å². The van der Waals surface area contributed by atoms with Gasteiger partial charge < -0.3 is 9.26 Å². The van der Waals surface area contributed by atoms with Crippen molar-refractivity contribution >= 4 is 0 Å². The van der Waals surface area contributed by atoms with Crippen LogP contribution in [-0.4, -0.2) is 27.0 Å². The lowest BCUT2D eigenvalue weighted by atomic mass is 10.1. The van der Waals surface area contributed by atoms with Crippen molar-refractivity contribution in [3.05, 3.63) is 71.7 Å². The number of hydrogen-bond donors (Lipinski definition) is 0. The van der Waals surface area contributed by atoms with E-state index < -0.39 is 23.9 Å². The van der Waals surface area contributed by atoms with E-state index in [1.807, 2.05) is 0 Å². The lowest BCUT2D eigenvalue weighted by Gasteiger charge is -2.09. The van der Waals surface area contributed by atoms with Crippen LogP contribution in [0.25, 0.3) is 22.6 Å². The maximum absolute atomic E-state index is 13.3. The van der Waals surface area contributed by atoms with Crippen LogP contribution < -0.4 is 4.74 Å². The first-order valence-corrected chi connectivity index (χ1v) is 9.34. The molecule has 0 spiro atoms. The van der Waals surface area contributed by atoms with Crippen LogP contribution in [-0.2, 0) is 18.9 Å². The summed E-state index contributed by atoms with van der Waals surface area (Å²) in [4.78, 5) is 3.31. The van der Waals surface area contributed by atoms with Crippen molar-refractivity contribution in [3.63, 3.8) is 0 Å². The van der Waals surface area contributed by atoms with Gasteiger partial charge in [-0.25, -0.2) is 0 Å². The number of ether oxygens (including phenoxy) is 1. The van der Waals surface area contributed by atoms with Gasteiger partial charge in [0, 0.05) is 11.1 Å². The first-order chi connectivity index (χ1) is 15.5. The van der Waals surface area contributed by atoms with Gasteiger partial charge in [-0.05, 0) is 35.9 Å². The van der Waals surface area contributed by atoms with Crippen molar-refractivity contribution in [1.82, 2.24) is 19.9 Å². The van der Waals surface area contributed by atoms with Crippen LogP contribution in [0.1, 0.15) is 17.1 Å². The number of halogens is 6. The number of nitrogens with zero attached hydrogens (tertiary/aromatic N) is 4. The molecule has 4 rings (SSSR count). The van der Waals surface area contributed by atoms with E-state index in [9.17, 15) is 26.3 Å².